The molecule has 1 radical (unpaired) electrons. The molecule has 0 saturated carbocycles. The molecule has 5 rings (SSSR count). The first kappa shape index (κ1) is 31.0. The van der Waals surface area contributed by atoms with Crippen molar-refractivity contribution in [2.24, 2.45) is 0 Å². The van der Waals surface area contributed by atoms with Crippen LogP contribution in [0.15, 0.2) is 115 Å². The number of hydrogen-bond donors (Lipinski definition) is 0. The molecule has 0 unspecified atom stereocenters. The van der Waals surface area contributed by atoms with Gasteiger partial charge in [0.15, 0.2) is 0 Å². The van der Waals surface area contributed by atoms with Crippen LogP contribution in [-0.2, 0) is 25.8 Å². The normalized spacial score (nSPS) is 9.57. The largest absolute Gasteiger partial charge is 0.343 e. The van der Waals surface area contributed by atoms with Crippen molar-refractivity contribution in [3.8, 4) is 0 Å². The average Bonchev–Trinajstić information content (AvgIpc) is 3.55. The van der Waals surface area contributed by atoms with Crippen LogP contribution in [-0.4, -0.2) is 10.2 Å². The monoisotopic (exact) mass is 644 g/mol. The standard InChI is InChI=1S/2C9H7.C9H19.C6H7Si.Hf/c2*1-2-5-9-7-3-6-8(9)4-1;1-3-5-7-9-8-6-4-2;7-6-4-2-1-3-5-6;/h2*1-7H;1,3-9H2,2H3;1-5H,7H2;/q3*-1;;. The molecule has 0 nitrogen and oxygen atoms in total. The molecule has 0 N–H and O–H groups in total. The molecule has 0 aromatic heterocycles. The molecule has 0 atom stereocenters. The molecule has 183 valence electrons. The Hall–Kier alpha value is -2.03. The van der Waals surface area contributed by atoms with Gasteiger partial charge in [0.2, 0.25) is 0 Å². The van der Waals surface area contributed by atoms with Crippen LogP contribution >= 0.6 is 0 Å². The molecule has 0 aliphatic carbocycles. The Balaban J connectivity index is 0.000000232. The zero-order chi connectivity index (χ0) is 24.3. The molecule has 0 aliphatic heterocycles. The summed E-state index contributed by atoms with van der Waals surface area (Å²) in [6.07, 6.45) is 9.45. The Bertz CT molecular complexity index is 991. The molecule has 2 heteroatoms. The Morgan fingerprint density at radius 2 is 1.06 bits per heavy atom. The van der Waals surface area contributed by atoms with Gasteiger partial charge in [-0.05, 0) is 0 Å². The number of fused-ring (bicyclic) bond motifs is 2. The van der Waals surface area contributed by atoms with E-state index in [1.165, 1.54) is 65.3 Å². The summed E-state index contributed by atoms with van der Waals surface area (Å²) in [6.45, 7) is 6.05. The first-order valence-electron chi connectivity index (χ1n) is 12.6. The summed E-state index contributed by atoms with van der Waals surface area (Å²) in [5, 5.41) is 6.67. The topological polar surface area (TPSA) is 0 Å². The maximum Gasteiger partial charge on any atom is 0.0477 e. The first-order chi connectivity index (χ1) is 16.7. The van der Waals surface area contributed by atoms with Crippen LogP contribution in [0, 0.1) is 6.92 Å². The van der Waals surface area contributed by atoms with Crippen LogP contribution in [0.1, 0.15) is 51.9 Å². The Kier molecular flexibility index (Phi) is 17.9. The van der Waals surface area contributed by atoms with E-state index in [1.54, 1.807) is 0 Å². The van der Waals surface area contributed by atoms with Crippen LogP contribution in [0.4, 0.5) is 0 Å². The van der Waals surface area contributed by atoms with E-state index in [0.29, 0.717) is 0 Å². The number of hydrogen-bond acceptors (Lipinski definition) is 0. The summed E-state index contributed by atoms with van der Waals surface area (Å²) < 4.78 is 0. The fraction of sp³-hybridized carbons (Fsp3) is 0.242. The summed E-state index contributed by atoms with van der Waals surface area (Å²) in [4.78, 5) is 0. The van der Waals surface area contributed by atoms with Gasteiger partial charge >= 0.3 is 0 Å². The smallest absolute Gasteiger partial charge is 0.0477 e. The van der Waals surface area contributed by atoms with E-state index in [0.717, 1.165) is 6.42 Å². The van der Waals surface area contributed by atoms with Gasteiger partial charge in [0.1, 0.15) is 0 Å². The van der Waals surface area contributed by atoms with Gasteiger partial charge in [-0.2, -0.15) is 41.5 Å². The van der Waals surface area contributed by atoms with Crippen molar-refractivity contribution < 1.29 is 25.8 Å². The van der Waals surface area contributed by atoms with E-state index in [2.05, 4.69) is 111 Å². The molecule has 5 aromatic carbocycles. The second-order valence-electron chi connectivity index (χ2n) is 8.42. The van der Waals surface area contributed by atoms with Crippen LogP contribution in [0.3, 0.4) is 0 Å². The molecule has 0 fully saturated rings. The fourth-order valence-corrected chi connectivity index (χ4v) is 3.85. The Labute approximate surface area is 235 Å². The quantitative estimate of drug-likeness (QED) is 0.0988. The van der Waals surface area contributed by atoms with E-state index >= 15 is 0 Å². The molecule has 0 spiro atoms. The van der Waals surface area contributed by atoms with E-state index < -0.39 is 0 Å². The third-order valence-corrected chi connectivity index (χ3v) is 6.01. The molecule has 0 heterocycles. The summed E-state index contributed by atoms with van der Waals surface area (Å²) >= 11 is 0. The Morgan fingerprint density at radius 1 is 0.600 bits per heavy atom. The second kappa shape index (κ2) is 20.2. The molecule has 35 heavy (non-hydrogen) atoms. The van der Waals surface area contributed by atoms with Gasteiger partial charge in [-0.1, -0.05) is 93.1 Å². The minimum atomic E-state index is 0. The van der Waals surface area contributed by atoms with Crippen molar-refractivity contribution in [1.82, 2.24) is 0 Å². The van der Waals surface area contributed by atoms with Crippen LogP contribution < -0.4 is 5.19 Å². The van der Waals surface area contributed by atoms with Crippen LogP contribution in [0.25, 0.3) is 21.5 Å². The van der Waals surface area contributed by atoms with Crippen LogP contribution in [0.5, 0.6) is 0 Å². The molecule has 0 aliphatic rings. The van der Waals surface area contributed by atoms with Crippen molar-refractivity contribution in [3.05, 3.63) is 122 Å². The van der Waals surface area contributed by atoms with Crippen LogP contribution in [0.2, 0.25) is 0 Å². The van der Waals surface area contributed by atoms with Gasteiger partial charge in [0.25, 0.3) is 0 Å². The minimum Gasteiger partial charge on any atom is -0.343 e. The zero-order valence-corrected chi connectivity index (χ0v) is 26.3. The second-order valence-corrected chi connectivity index (χ2v) is 9.23. The van der Waals surface area contributed by atoms with Crippen molar-refractivity contribution in [1.29, 1.82) is 0 Å². The summed E-state index contributed by atoms with van der Waals surface area (Å²) in [5.41, 5.74) is 0. The van der Waals surface area contributed by atoms with E-state index in [4.69, 9.17) is 0 Å². The number of benzene rings is 3. The molecular weight excluding hydrogens is 603 g/mol. The van der Waals surface area contributed by atoms with E-state index in [-0.39, 0.29) is 25.8 Å². The van der Waals surface area contributed by atoms with Crippen molar-refractivity contribution in [2.75, 3.05) is 0 Å². The summed E-state index contributed by atoms with van der Waals surface area (Å²) in [5.74, 6) is 0. The van der Waals surface area contributed by atoms with Gasteiger partial charge in [-0.15, -0.1) is 59.3 Å². The number of unbranched alkanes of at least 4 members (excludes halogenated alkanes) is 6. The molecule has 0 saturated heterocycles. The number of rotatable bonds is 6. The predicted molar refractivity (Wildman–Crippen MR) is 157 cm³/mol. The molecule has 0 bridgehead atoms. The van der Waals surface area contributed by atoms with Gasteiger partial charge < -0.3 is 6.92 Å². The summed E-state index contributed by atoms with van der Waals surface area (Å²) in [6, 6.07) is 39.6. The SMILES string of the molecule is [CH2-]CCCCCCCC.[Hf].[SiH2]c1ccccc1.c1ccc2[cH-]ccc2c1.c1ccc2[cH-]ccc2c1. The Morgan fingerprint density at radius 3 is 1.49 bits per heavy atom. The maximum atomic E-state index is 3.80. The van der Waals surface area contributed by atoms with Crippen molar-refractivity contribution >= 4 is 37.0 Å². The third kappa shape index (κ3) is 13.6. The average molecular weight is 643 g/mol. The van der Waals surface area contributed by atoms with Gasteiger partial charge in [-0.3, -0.25) is 0 Å². The van der Waals surface area contributed by atoms with Gasteiger partial charge in [0.05, 0.1) is 0 Å². The fourth-order valence-electron chi connectivity index (χ4n) is 3.57. The van der Waals surface area contributed by atoms with Gasteiger partial charge in [0, 0.05) is 36.1 Å². The minimum absolute atomic E-state index is 0. The zero-order valence-electron chi connectivity index (χ0n) is 21.3. The maximum absolute atomic E-state index is 3.80. The van der Waals surface area contributed by atoms with E-state index in [1.807, 2.05) is 28.4 Å². The van der Waals surface area contributed by atoms with E-state index in [9.17, 15) is 0 Å². The molecule has 5 aromatic rings. The van der Waals surface area contributed by atoms with Crippen molar-refractivity contribution in [2.45, 2.75) is 51.9 Å². The van der Waals surface area contributed by atoms with Crippen molar-refractivity contribution in [3.63, 3.8) is 0 Å². The molecule has 0 amide bonds. The predicted octanol–water partition coefficient (Wildman–Crippen LogP) is 8.63. The third-order valence-electron chi connectivity index (χ3n) is 5.54. The summed E-state index contributed by atoms with van der Waals surface area (Å²) in [7, 11) is 1.90. The molecular formula is C33H40HfSi-3. The van der Waals surface area contributed by atoms with Gasteiger partial charge in [-0.25, -0.2) is 0 Å². The first-order valence-corrected chi connectivity index (χ1v) is 13.3.